The predicted octanol–water partition coefficient (Wildman–Crippen LogP) is 2.75. The van der Waals surface area contributed by atoms with Gasteiger partial charge in [-0.25, -0.2) is 9.97 Å². The normalized spacial score (nSPS) is 18.7. The molecule has 1 aromatic rings. The maximum atomic E-state index is 12.6. The Morgan fingerprint density at radius 2 is 2.00 bits per heavy atom. The Bertz CT molecular complexity index is 376. The highest BCUT2D eigenvalue weighted by Crippen LogP contribution is 2.50. The predicted molar refractivity (Wildman–Crippen MR) is 51.4 cm³/mol. The van der Waals surface area contributed by atoms with Crippen LogP contribution in [0.15, 0.2) is 17.0 Å². The quantitative estimate of drug-likeness (QED) is 0.847. The first-order chi connectivity index (χ1) is 6.93. The van der Waals surface area contributed by atoms with Crippen molar-refractivity contribution in [3.8, 4) is 0 Å². The Kier molecular flexibility index (Phi) is 2.37. The lowest BCUT2D eigenvalue weighted by atomic mass is 10.2. The van der Waals surface area contributed by atoms with Gasteiger partial charge in [0.2, 0.25) is 0 Å². The summed E-state index contributed by atoms with van der Waals surface area (Å²) in [5, 5.41) is 2.40. The highest BCUT2D eigenvalue weighted by atomic mass is 79.9. The van der Waals surface area contributed by atoms with E-state index in [-0.39, 0.29) is 18.7 Å². The molecule has 82 valence electrons. The van der Waals surface area contributed by atoms with Crippen molar-refractivity contribution in [2.24, 2.45) is 0 Å². The summed E-state index contributed by atoms with van der Waals surface area (Å²) in [7, 11) is 0. The minimum Gasteiger partial charge on any atom is -0.356 e. The SMILES string of the molecule is FC(F)(F)C1(Nc2cc(Br)ncn2)CC1. The van der Waals surface area contributed by atoms with Crippen molar-refractivity contribution in [3.63, 3.8) is 0 Å². The van der Waals surface area contributed by atoms with Gasteiger partial charge in [0, 0.05) is 6.07 Å². The van der Waals surface area contributed by atoms with Gasteiger partial charge in [0.25, 0.3) is 0 Å². The molecule has 1 aliphatic rings. The van der Waals surface area contributed by atoms with Gasteiger partial charge < -0.3 is 5.32 Å². The van der Waals surface area contributed by atoms with E-state index < -0.39 is 11.7 Å². The summed E-state index contributed by atoms with van der Waals surface area (Å²) in [6, 6.07) is 1.42. The third kappa shape index (κ3) is 2.06. The van der Waals surface area contributed by atoms with Crippen LogP contribution in [-0.2, 0) is 0 Å². The number of alkyl halides is 3. The van der Waals surface area contributed by atoms with Crippen molar-refractivity contribution in [2.45, 2.75) is 24.6 Å². The molecule has 7 heteroatoms. The minimum atomic E-state index is -4.23. The maximum Gasteiger partial charge on any atom is 0.411 e. The van der Waals surface area contributed by atoms with Crippen LogP contribution in [0.3, 0.4) is 0 Å². The molecule has 0 bridgehead atoms. The summed E-state index contributed by atoms with van der Waals surface area (Å²) in [6.45, 7) is 0. The molecule has 3 nitrogen and oxygen atoms in total. The van der Waals surface area contributed by atoms with Gasteiger partial charge in [-0.1, -0.05) is 0 Å². The minimum absolute atomic E-state index is 0.0954. The van der Waals surface area contributed by atoms with Gasteiger partial charge in [-0.15, -0.1) is 0 Å². The lowest BCUT2D eigenvalue weighted by Gasteiger charge is -2.20. The lowest BCUT2D eigenvalue weighted by Crippen LogP contribution is -2.38. The van der Waals surface area contributed by atoms with E-state index in [0.29, 0.717) is 4.60 Å². The van der Waals surface area contributed by atoms with Crippen molar-refractivity contribution in [3.05, 3.63) is 17.0 Å². The number of nitrogens with one attached hydrogen (secondary N) is 1. The largest absolute Gasteiger partial charge is 0.411 e. The molecule has 0 amide bonds. The van der Waals surface area contributed by atoms with E-state index in [1.807, 2.05) is 0 Å². The van der Waals surface area contributed by atoms with E-state index in [1.54, 1.807) is 0 Å². The lowest BCUT2D eigenvalue weighted by molar-refractivity contribution is -0.151. The summed E-state index contributed by atoms with van der Waals surface area (Å²) in [6.07, 6.45) is -2.83. The van der Waals surface area contributed by atoms with Crippen molar-refractivity contribution in [1.82, 2.24) is 9.97 Å². The molecular formula is C8H7BrF3N3. The number of anilines is 1. The summed E-state index contributed by atoms with van der Waals surface area (Å²) in [5.41, 5.74) is -1.78. The van der Waals surface area contributed by atoms with Crippen LogP contribution >= 0.6 is 15.9 Å². The molecule has 1 N–H and O–H groups in total. The summed E-state index contributed by atoms with van der Waals surface area (Å²) >= 11 is 3.07. The first-order valence-electron chi connectivity index (χ1n) is 4.25. The van der Waals surface area contributed by atoms with Crippen molar-refractivity contribution in [2.75, 3.05) is 5.32 Å². The topological polar surface area (TPSA) is 37.8 Å². The van der Waals surface area contributed by atoms with E-state index in [2.05, 4.69) is 31.2 Å². The fraction of sp³-hybridized carbons (Fsp3) is 0.500. The van der Waals surface area contributed by atoms with Crippen molar-refractivity contribution in [1.29, 1.82) is 0 Å². The van der Waals surface area contributed by atoms with Gasteiger partial charge >= 0.3 is 6.18 Å². The zero-order chi connectivity index (χ0) is 11.1. The van der Waals surface area contributed by atoms with E-state index >= 15 is 0 Å². The molecule has 1 aromatic heterocycles. The number of nitrogens with zero attached hydrogens (tertiary/aromatic N) is 2. The molecule has 0 aromatic carbocycles. The number of hydrogen-bond donors (Lipinski definition) is 1. The molecule has 1 saturated carbocycles. The van der Waals surface area contributed by atoms with Crippen LogP contribution in [0.1, 0.15) is 12.8 Å². The van der Waals surface area contributed by atoms with Crippen LogP contribution in [0.25, 0.3) is 0 Å². The molecule has 0 saturated heterocycles. The molecule has 1 aliphatic carbocycles. The van der Waals surface area contributed by atoms with Crippen LogP contribution in [0.4, 0.5) is 19.0 Å². The molecule has 1 fully saturated rings. The first kappa shape index (κ1) is 10.7. The molecule has 15 heavy (non-hydrogen) atoms. The van der Waals surface area contributed by atoms with Crippen LogP contribution < -0.4 is 5.32 Å². The zero-order valence-corrected chi connectivity index (χ0v) is 9.06. The third-order valence-corrected chi connectivity index (χ3v) is 2.73. The fourth-order valence-electron chi connectivity index (χ4n) is 1.25. The van der Waals surface area contributed by atoms with Crippen LogP contribution in [-0.4, -0.2) is 21.7 Å². The molecular weight excluding hydrogens is 275 g/mol. The molecule has 2 rings (SSSR count). The van der Waals surface area contributed by atoms with Crippen LogP contribution in [0.5, 0.6) is 0 Å². The smallest absolute Gasteiger partial charge is 0.356 e. The van der Waals surface area contributed by atoms with Crippen LogP contribution in [0.2, 0.25) is 0 Å². The molecule has 0 aliphatic heterocycles. The van der Waals surface area contributed by atoms with E-state index in [0.717, 1.165) is 0 Å². The van der Waals surface area contributed by atoms with Gasteiger partial charge in [0.15, 0.2) is 0 Å². The standard InChI is InChI=1S/C8H7BrF3N3/c9-5-3-6(14-4-13-5)15-7(1-2-7)8(10,11)12/h3-4H,1-2H2,(H,13,14,15). The monoisotopic (exact) mass is 281 g/mol. The van der Waals surface area contributed by atoms with Gasteiger partial charge in [-0.05, 0) is 28.8 Å². The fourth-order valence-corrected chi connectivity index (χ4v) is 1.56. The second-order valence-electron chi connectivity index (χ2n) is 3.43. The highest BCUT2D eigenvalue weighted by molar-refractivity contribution is 9.10. The van der Waals surface area contributed by atoms with Gasteiger partial charge in [0.05, 0.1) is 0 Å². The molecule has 0 spiro atoms. The second kappa shape index (κ2) is 3.33. The average Bonchev–Trinajstić information content (AvgIpc) is 2.84. The Hall–Kier alpha value is -0.850. The number of hydrogen-bond acceptors (Lipinski definition) is 3. The Morgan fingerprint density at radius 1 is 1.33 bits per heavy atom. The summed E-state index contributed by atoms with van der Waals surface area (Å²) in [4.78, 5) is 7.46. The number of halogens is 4. The van der Waals surface area contributed by atoms with E-state index in [9.17, 15) is 13.2 Å². The summed E-state index contributed by atoms with van der Waals surface area (Å²) < 4.78 is 38.1. The van der Waals surface area contributed by atoms with Crippen molar-refractivity contribution >= 4 is 21.7 Å². The number of aromatic nitrogens is 2. The second-order valence-corrected chi connectivity index (χ2v) is 4.24. The van der Waals surface area contributed by atoms with Gasteiger partial charge in [-0.2, -0.15) is 13.2 Å². The maximum absolute atomic E-state index is 12.6. The van der Waals surface area contributed by atoms with Gasteiger partial charge in [0.1, 0.15) is 22.3 Å². The number of rotatable bonds is 2. The first-order valence-corrected chi connectivity index (χ1v) is 5.05. The van der Waals surface area contributed by atoms with Crippen LogP contribution in [0, 0.1) is 0 Å². The van der Waals surface area contributed by atoms with Crippen molar-refractivity contribution < 1.29 is 13.2 Å². The Morgan fingerprint density at radius 3 is 2.47 bits per heavy atom. The average molecular weight is 282 g/mol. The zero-order valence-electron chi connectivity index (χ0n) is 7.48. The third-order valence-electron chi connectivity index (χ3n) is 2.29. The highest BCUT2D eigenvalue weighted by Gasteiger charge is 2.63. The molecule has 0 atom stereocenters. The molecule has 0 radical (unpaired) electrons. The van der Waals surface area contributed by atoms with E-state index in [4.69, 9.17) is 0 Å². The molecule has 0 unspecified atom stereocenters. The van der Waals surface area contributed by atoms with Gasteiger partial charge in [-0.3, -0.25) is 0 Å². The molecule has 1 heterocycles. The Labute approximate surface area is 92.2 Å². The Balaban J connectivity index is 2.16. The summed E-state index contributed by atoms with van der Waals surface area (Å²) in [5.74, 6) is 0.187. The van der Waals surface area contributed by atoms with E-state index in [1.165, 1.54) is 12.4 Å².